The van der Waals surface area contributed by atoms with E-state index < -0.39 is 5.97 Å². The molecule has 4 aromatic rings. The highest BCUT2D eigenvalue weighted by Crippen LogP contribution is 2.42. The summed E-state index contributed by atoms with van der Waals surface area (Å²) in [4.78, 5) is 27.1. The molecule has 1 saturated carbocycles. The number of carbonyl (C=O) groups excluding carboxylic acids is 2. The molecule has 1 aliphatic carbocycles. The van der Waals surface area contributed by atoms with Crippen molar-refractivity contribution in [1.29, 1.82) is 0 Å². The lowest BCUT2D eigenvalue weighted by Gasteiger charge is -2.13. The van der Waals surface area contributed by atoms with Gasteiger partial charge in [0, 0.05) is 43.9 Å². The zero-order valence-corrected chi connectivity index (χ0v) is 23.8. The summed E-state index contributed by atoms with van der Waals surface area (Å²) in [7, 11) is 4.00. The van der Waals surface area contributed by atoms with Gasteiger partial charge in [-0.2, -0.15) is 9.78 Å². The smallest absolute Gasteiger partial charge is 0.309 e. The Kier molecular flexibility index (Phi) is 7.74. The van der Waals surface area contributed by atoms with Crippen molar-refractivity contribution in [1.82, 2.24) is 9.78 Å². The predicted molar refractivity (Wildman–Crippen MR) is 160 cm³/mol. The Balaban J connectivity index is 1.63. The van der Waals surface area contributed by atoms with Crippen LogP contribution in [0.15, 0.2) is 66.7 Å². The number of esters is 1. The molecule has 3 aromatic carbocycles. The summed E-state index contributed by atoms with van der Waals surface area (Å²) in [6.45, 7) is 5.47. The van der Waals surface area contributed by atoms with Gasteiger partial charge in [-0.1, -0.05) is 54.8 Å². The van der Waals surface area contributed by atoms with E-state index in [1.807, 2.05) is 93.5 Å². The number of benzene rings is 3. The van der Waals surface area contributed by atoms with E-state index in [1.54, 1.807) is 4.68 Å². The van der Waals surface area contributed by atoms with E-state index in [-0.39, 0.29) is 11.8 Å². The molecule has 7 heteroatoms. The number of rotatable bonds is 7. The SMILES string of the molecule is CC(=O)Oc1c(-c2ccc(NC(=O)C3CCCC3)cc2)c(-c2ccc(N(C)C)cc2)nn1-c1ccc(C)cc1C. The molecule has 40 heavy (non-hydrogen) atoms. The fraction of sp³-hybridized carbons (Fsp3) is 0.303. The highest BCUT2D eigenvalue weighted by molar-refractivity contribution is 5.93. The first-order valence-electron chi connectivity index (χ1n) is 13.8. The maximum Gasteiger partial charge on any atom is 0.309 e. The summed E-state index contributed by atoms with van der Waals surface area (Å²) in [6, 6.07) is 21.9. The predicted octanol–water partition coefficient (Wildman–Crippen LogP) is 6.94. The first-order chi connectivity index (χ1) is 19.2. The van der Waals surface area contributed by atoms with Crippen molar-refractivity contribution in [2.75, 3.05) is 24.3 Å². The van der Waals surface area contributed by atoms with Crippen molar-refractivity contribution < 1.29 is 14.3 Å². The van der Waals surface area contributed by atoms with Crippen LogP contribution in [0.1, 0.15) is 43.7 Å². The summed E-state index contributed by atoms with van der Waals surface area (Å²) >= 11 is 0. The minimum absolute atomic E-state index is 0.0789. The van der Waals surface area contributed by atoms with Crippen LogP contribution >= 0.6 is 0 Å². The third-order valence-corrected chi connectivity index (χ3v) is 7.49. The van der Waals surface area contributed by atoms with E-state index in [0.717, 1.165) is 65.0 Å². The van der Waals surface area contributed by atoms with E-state index >= 15 is 0 Å². The minimum atomic E-state index is -0.429. The molecule has 0 unspecified atom stereocenters. The van der Waals surface area contributed by atoms with Crippen molar-refractivity contribution in [2.24, 2.45) is 5.92 Å². The molecular formula is C33H36N4O3. The number of carbonyl (C=O) groups is 2. The monoisotopic (exact) mass is 536 g/mol. The maximum absolute atomic E-state index is 12.7. The number of ether oxygens (including phenoxy) is 1. The maximum atomic E-state index is 12.7. The average Bonchev–Trinajstić information content (AvgIpc) is 3.58. The molecule has 1 N–H and O–H groups in total. The van der Waals surface area contributed by atoms with Crippen LogP contribution in [0.2, 0.25) is 0 Å². The molecule has 1 amide bonds. The van der Waals surface area contributed by atoms with Gasteiger partial charge in [0.05, 0.1) is 11.3 Å². The molecule has 1 aromatic heterocycles. The zero-order chi connectivity index (χ0) is 28.4. The Bertz CT molecular complexity index is 1530. The highest BCUT2D eigenvalue weighted by atomic mass is 16.5. The van der Waals surface area contributed by atoms with Crippen LogP contribution in [0.3, 0.4) is 0 Å². The van der Waals surface area contributed by atoms with Gasteiger partial charge in [0.1, 0.15) is 5.69 Å². The van der Waals surface area contributed by atoms with E-state index in [9.17, 15) is 9.59 Å². The lowest BCUT2D eigenvalue weighted by Crippen LogP contribution is -2.20. The molecule has 1 heterocycles. The molecule has 0 atom stereocenters. The molecule has 0 bridgehead atoms. The number of amides is 1. The van der Waals surface area contributed by atoms with Gasteiger partial charge in [0.25, 0.3) is 0 Å². The fourth-order valence-corrected chi connectivity index (χ4v) is 5.37. The van der Waals surface area contributed by atoms with Crippen molar-refractivity contribution in [3.05, 3.63) is 77.9 Å². The molecule has 0 saturated heterocycles. The van der Waals surface area contributed by atoms with Gasteiger partial charge in [-0.25, -0.2) is 0 Å². The van der Waals surface area contributed by atoms with E-state index in [1.165, 1.54) is 6.92 Å². The van der Waals surface area contributed by atoms with Gasteiger partial charge in [-0.15, -0.1) is 0 Å². The van der Waals surface area contributed by atoms with Gasteiger partial charge < -0.3 is 15.0 Å². The molecule has 1 fully saturated rings. The van der Waals surface area contributed by atoms with Gasteiger partial charge >= 0.3 is 5.97 Å². The quantitative estimate of drug-likeness (QED) is 0.259. The molecule has 0 spiro atoms. The molecule has 1 aliphatic rings. The highest BCUT2D eigenvalue weighted by Gasteiger charge is 2.26. The topological polar surface area (TPSA) is 76.5 Å². The Morgan fingerprint density at radius 2 is 1.57 bits per heavy atom. The molecule has 0 radical (unpaired) electrons. The molecule has 0 aliphatic heterocycles. The van der Waals surface area contributed by atoms with E-state index in [2.05, 4.69) is 11.4 Å². The number of anilines is 2. The first kappa shape index (κ1) is 27.2. The molecule has 5 rings (SSSR count). The van der Waals surface area contributed by atoms with Gasteiger partial charge in [0.2, 0.25) is 11.8 Å². The number of nitrogens with one attached hydrogen (secondary N) is 1. The Labute approximate surface area is 235 Å². The van der Waals surface area contributed by atoms with Crippen LogP contribution in [0.5, 0.6) is 5.88 Å². The Morgan fingerprint density at radius 1 is 0.925 bits per heavy atom. The second kappa shape index (κ2) is 11.4. The van der Waals surface area contributed by atoms with E-state index in [0.29, 0.717) is 17.1 Å². The zero-order valence-electron chi connectivity index (χ0n) is 23.8. The van der Waals surface area contributed by atoms with Crippen LogP contribution in [-0.2, 0) is 9.59 Å². The number of hydrogen-bond donors (Lipinski definition) is 1. The minimum Gasteiger partial charge on any atom is -0.407 e. The summed E-state index contributed by atoms with van der Waals surface area (Å²) < 4.78 is 7.60. The lowest BCUT2D eigenvalue weighted by molar-refractivity contribution is -0.132. The van der Waals surface area contributed by atoms with Crippen LogP contribution < -0.4 is 15.0 Å². The second-order valence-electron chi connectivity index (χ2n) is 10.8. The first-order valence-corrected chi connectivity index (χ1v) is 13.8. The largest absolute Gasteiger partial charge is 0.407 e. The van der Waals surface area contributed by atoms with Crippen molar-refractivity contribution in [3.63, 3.8) is 0 Å². The van der Waals surface area contributed by atoms with Crippen LogP contribution in [0.4, 0.5) is 11.4 Å². The second-order valence-corrected chi connectivity index (χ2v) is 10.8. The Hall–Kier alpha value is -4.39. The summed E-state index contributed by atoms with van der Waals surface area (Å²) in [6.07, 6.45) is 4.11. The third-order valence-electron chi connectivity index (χ3n) is 7.49. The van der Waals surface area contributed by atoms with Crippen LogP contribution in [-0.4, -0.2) is 35.8 Å². The number of aryl methyl sites for hydroxylation is 2. The van der Waals surface area contributed by atoms with Crippen molar-refractivity contribution >= 4 is 23.3 Å². The van der Waals surface area contributed by atoms with Gasteiger partial charge in [0.15, 0.2) is 0 Å². The molecule has 206 valence electrons. The standard InChI is InChI=1S/C33H36N4O3/c1-21-10-19-29(22(2)20-21)37-33(40-23(3)38)30(31(35-37)25-13-17-28(18-14-25)36(4)5)24-11-15-27(16-12-24)34-32(39)26-8-6-7-9-26/h10-20,26H,6-9H2,1-5H3,(H,34,39). The number of nitrogens with zero attached hydrogens (tertiary/aromatic N) is 3. The summed E-state index contributed by atoms with van der Waals surface area (Å²) in [5, 5.41) is 8.09. The van der Waals surface area contributed by atoms with Crippen molar-refractivity contribution in [2.45, 2.75) is 46.5 Å². The third kappa shape index (κ3) is 5.64. The van der Waals surface area contributed by atoms with Crippen LogP contribution in [0.25, 0.3) is 28.1 Å². The average molecular weight is 537 g/mol. The summed E-state index contributed by atoms with van der Waals surface area (Å²) in [5.74, 6) is 0.0918. The summed E-state index contributed by atoms with van der Waals surface area (Å²) in [5.41, 5.74) is 7.94. The van der Waals surface area contributed by atoms with E-state index in [4.69, 9.17) is 9.84 Å². The Morgan fingerprint density at radius 3 is 2.17 bits per heavy atom. The molecular weight excluding hydrogens is 500 g/mol. The number of aromatic nitrogens is 2. The van der Waals surface area contributed by atoms with Gasteiger partial charge in [-0.3, -0.25) is 9.59 Å². The number of hydrogen-bond acceptors (Lipinski definition) is 5. The van der Waals surface area contributed by atoms with Crippen molar-refractivity contribution in [3.8, 4) is 34.0 Å². The molecule has 7 nitrogen and oxygen atoms in total. The van der Waals surface area contributed by atoms with Gasteiger partial charge in [-0.05, 0) is 68.1 Å². The lowest BCUT2D eigenvalue weighted by atomic mass is 10.0. The fourth-order valence-electron chi connectivity index (χ4n) is 5.37. The normalized spacial score (nSPS) is 13.3. The van der Waals surface area contributed by atoms with Crippen LogP contribution in [0, 0.1) is 19.8 Å².